The molecule has 1 aromatic heterocycles. The molecule has 2 atom stereocenters. The van der Waals surface area contributed by atoms with Gasteiger partial charge in [-0.15, -0.1) is 0 Å². The first-order valence-electron chi connectivity index (χ1n) is 6.91. The Balaban J connectivity index is 1.98. The van der Waals surface area contributed by atoms with Crippen LogP contribution in [-0.4, -0.2) is 47.8 Å². The Kier molecular flexibility index (Phi) is 5.19. The zero-order chi connectivity index (χ0) is 15.4. The Morgan fingerprint density at radius 1 is 1.48 bits per heavy atom. The van der Waals surface area contributed by atoms with Crippen LogP contribution in [0.5, 0.6) is 0 Å². The Hall–Kier alpha value is -1.60. The summed E-state index contributed by atoms with van der Waals surface area (Å²) in [6.45, 7) is 5.18. The Bertz CT molecular complexity index is 517. The van der Waals surface area contributed by atoms with E-state index in [0.717, 1.165) is 11.1 Å². The van der Waals surface area contributed by atoms with Crippen molar-refractivity contribution >= 4 is 23.3 Å². The fraction of sp³-hybridized carbons (Fsp3) is 0.571. The van der Waals surface area contributed by atoms with Gasteiger partial charge in [-0.2, -0.15) is 11.3 Å². The molecule has 1 aromatic rings. The van der Waals surface area contributed by atoms with Gasteiger partial charge in [-0.3, -0.25) is 4.79 Å². The Morgan fingerprint density at radius 2 is 2.24 bits per heavy atom. The molecular formula is C14H20N2O4S. The van der Waals surface area contributed by atoms with E-state index >= 15 is 0 Å². The van der Waals surface area contributed by atoms with E-state index in [-0.39, 0.29) is 19.2 Å². The van der Waals surface area contributed by atoms with Gasteiger partial charge in [0, 0.05) is 13.1 Å². The van der Waals surface area contributed by atoms with E-state index in [1.54, 1.807) is 16.2 Å². The lowest BCUT2D eigenvalue weighted by molar-refractivity contribution is -0.142. The van der Waals surface area contributed by atoms with Crippen molar-refractivity contribution in [2.45, 2.75) is 26.4 Å². The highest BCUT2D eigenvalue weighted by Crippen LogP contribution is 2.20. The maximum Gasteiger partial charge on any atom is 0.318 e. The number of amides is 2. The summed E-state index contributed by atoms with van der Waals surface area (Å²) in [6, 6.07) is -0.652. The predicted molar refractivity (Wildman–Crippen MR) is 79.4 cm³/mol. The van der Waals surface area contributed by atoms with Crippen molar-refractivity contribution < 1.29 is 19.4 Å². The van der Waals surface area contributed by atoms with Gasteiger partial charge in [0.25, 0.3) is 0 Å². The van der Waals surface area contributed by atoms with Crippen LogP contribution in [0, 0.1) is 12.8 Å². The fourth-order valence-electron chi connectivity index (χ4n) is 2.46. The molecule has 2 heterocycles. The van der Waals surface area contributed by atoms with Crippen LogP contribution in [0.2, 0.25) is 0 Å². The summed E-state index contributed by atoms with van der Waals surface area (Å²) in [7, 11) is 0. The quantitative estimate of drug-likeness (QED) is 0.867. The average molecular weight is 312 g/mol. The molecule has 0 spiro atoms. The molecule has 116 valence electrons. The Labute approximate surface area is 127 Å². The molecular weight excluding hydrogens is 292 g/mol. The monoisotopic (exact) mass is 312 g/mol. The molecule has 0 aromatic carbocycles. The van der Waals surface area contributed by atoms with E-state index < -0.39 is 17.9 Å². The normalized spacial score (nSPS) is 21.2. The van der Waals surface area contributed by atoms with Crippen LogP contribution in [-0.2, 0) is 16.1 Å². The summed E-state index contributed by atoms with van der Waals surface area (Å²) in [4.78, 5) is 25.1. The molecule has 7 heteroatoms. The van der Waals surface area contributed by atoms with Crippen molar-refractivity contribution in [1.82, 2.24) is 10.2 Å². The van der Waals surface area contributed by atoms with Crippen LogP contribution < -0.4 is 5.32 Å². The van der Waals surface area contributed by atoms with Gasteiger partial charge in [0.15, 0.2) is 0 Å². The van der Waals surface area contributed by atoms with Gasteiger partial charge in [0.05, 0.1) is 19.3 Å². The van der Waals surface area contributed by atoms with E-state index in [4.69, 9.17) is 4.74 Å². The van der Waals surface area contributed by atoms with Crippen LogP contribution in [0.25, 0.3) is 0 Å². The zero-order valence-electron chi connectivity index (χ0n) is 12.2. The number of carboxylic acids is 1. The Morgan fingerprint density at radius 3 is 2.81 bits per heavy atom. The molecule has 1 aliphatic heterocycles. The number of nitrogens with zero attached hydrogens (tertiary/aromatic N) is 1. The van der Waals surface area contributed by atoms with Crippen molar-refractivity contribution in [3.63, 3.8) is 0 Å². The van der Waals surface area contributed by atoms with Crippen LogP contribution in [0.15, 0.2) is 10.8 Å². The third-order valence-electron chi connectivity index (χ3n) is 3.76. The van der Waals surface area contributed by atoms with Crippen LogP contribution in [0.4, 0.5) is 4.79 Å². The zero-order valence-corrected chi connectivity index (χ0v) is 13.0. The molecule has 2 N–H and O–H groups in total. The summed E-state index contributed by atoms with van der Waals surface area (Å²) < 4.78 is 5.23. The number of carbonyl (C=O) groups is 2. The molecule has 0 radical (unpaired) electrons. The summed E-state index contributed by atoms with van der Waals surface area (Å²) in [6.07, 6.45) is 0. The topological polar surface area (TPSA) is 78.9 Å². The number of hydrogen-bond acceptors (Lipinski definition) is 4. The molecule has 6 nitrogen and oxygen atoms in total. The number of thiophene rings is 1. The fourth-order valence-corrected chi connectivity index (χ4v) is 3.31. The first kappa shape index (κ1) is 15.8. The number of aliphatic carboxylic acids is 1. The second kappa shape index (κ2) is 6.91. The molecule has 21 heavy (non-hydrogen) atoms. The van der Waals surface area contributed by atoms with Gasteiger partial charge < -0.3 is 20.1 Å². The first-order chi connectivity index (χ1) is 10.0. The third-order valence-corrected chi connectivity index (χ3v) is 4.67. The molecule has 0 aliphatic carbocycles. The molecule has 2 amide bonds. The molecule has 1 aliphatic rings. The van der Waals surface area contributed by atoms with Gasteiger partial charge >= 0.3 is 12.0 Å². The number of hydrogen-bond donors (Lipinski definition) is 2. The number of carbonyl (C=O) groups excluding carboxylic acids is 1. The average Bonchev–Trinajstić information content (AvgIpc) is 3.06. The number of aryl methyl sites for hydroxylation is 1. The largest absolute Gasteiger partial charge is 0.481 e. The van der Waals surface area contributed by atoms with Crippen molar-refractivity contribution in [3.8, 4) is 0 Å². The summed E-state index contributed by atoms with van der Waals surface area (Å²) >= 11 is 1.60. The SMILES string of the molecule is CCN(C(=O)NCc1cscc1C)C1COCC1C(=O)O. The maximum absolute atomic E-state index is 12.3. The van der Waals surface area contributed by atoms with Gasteiger partial charge in [0.2, 0.25) is 0 Å². The molecule has 2 unspecified atom stereocenters. The number of urea groups is 1. The number of ether oxygens (including phenoxy) is 1. The first-order valence-corrected chi connectivity index (χ1v) is 7.85. The lowest BCUT2D eigenvalue weighted by atomic mass is 10.0. The second-order valence-electron chi connectivity index (χ2n) is 5.07. The predicted octanol–water partition coefficient (Wildman–Crippen LogP) is 1.69. The van der Waals surface area contributed by atoms with Crippen molar-refractivity contribution in [3.05, 3.63) is 21.9 Å². The smallest absolute Gasteiger partial charge is 0.318 e. The minimum absolute atomic E-state index is 0.160. The lowest BCUT2D eigenvalue weighted by Crippen LogP contribution is -2.50. The van der Waals surface area contributed by atoms with E-state index in [0.29, 0.717) is 13.1 Å². The number of nitrogens with one attached hydrogen (secondary N) is 1. The number of likely N-dealkylation sites (N-methyl/N-ethyl adjacent to an activating group) is 1. The highest BCUT2D eigenvalue weighted by molar-refractivity contribution is 7.08. The highest BCUT2D eigenvalue weighted by Gasteiger charge is 2.39. The van der Waals surface area contributed by atoms with Crippen LogP contribution in [0.3, 0.4) is 0 Å². The molecule has 2 rings (SSSR count). The molecule has 1 fully saturated rings. The summed E-state index contributed by atoms with van der Waals surface area (Å²) in [5, 5.41) is 16.1. The number of carboxylic acid groups (broad SMARTS) is 1. The van der Waals surface area contributed by atoms with E-state index in [2.05, 4.69) is 5.32 Å². The van der Waals surface area contributed by atoms with Gasteiger partial charge in [0.1, 0.15) is 5.92 Å². The maximum atomic E-state index is 12.3. The number of rotatable bonds is 5. The van der Waals surface area contributed by atoms with Crippen LogP contribution >= 0.6 is 11.3 Å². The van der Waals surface area contributed by atoms with Gasteiger partial charge in [-0.05, 0) is 35.7 Å². The minimum atomic E-state index is -0.919. The van der Waals surface area contributed by atoms with Crippen LogP contribution in [0.1, 0.15) is 18.1 Å². The highest BCUT2D eigenvalue weighted by atomic mass is 32.1. The van der Waals surface area contributed by atoms with Crippen molar-refractivity contribution in [2.75, 3.05) is 19.8 Å². The molecule has 0 bridgehead atoms. The summed E-state index contributed by atoms with van der Waals surface area (Å²) in [5.41, 5.74) is 2.23. The van der Waals surface area contributed by atoms with Crippen molar-refractivity contribution in [1.29, 1.82) is 0 Å². The summed E-state index contributed by atoms with van der Waals surface area (Å²) in [5.74, 6) is -1.57. The molecule has 1 saturated heterocycles. The standard InChI is InChI=1S/C14H20N2O4S/c1-3-16(12-6-20-5-11(12)13(17)18)14(19)15-4-10-8-21-7-9(10)2/h7-8,11-12H,3-6H2,1-2H3,(H,15,19)(H,17,18). The van der Waals surface area contributed by atoms with E-state index in [1.165, 1.54) is 0 Å². The van der Waals surface area contributed by atoms with E-state index in [1.807, 2.05) is 24.6 Å². The second-order valence-corrected chi connectivity index (χ2v) is 5.82. The van der Waals surface area contributed by atoms with E-state index in [9.17, 15) is 14.7 Å². The lowest BCUT2D eigenvalue weighted by Gasteiger charge is -2.29. The molecule has 0 saturated carbocycles. The van der Waals surface area contributed by atoms with Gasteiger partial charge in [-0.1, -0.05) is 0 Å². The van der Waals surface area contributed by atoms with Crippen molar-refractivity contribution in [2.24, 2.45) is 5.92 Å². The minimum Gasteiger partial charge on any atom is -0.481 e. The van der Waals surface area contributed by atoms with Gasteiger partial charge in [-0.25, -0.2) is 4.79 Å². The third kappa shape index (κ3) is 3.54.